The smallest absolute Gasteiger partial charge is 0.367 e. The Morgan fingerprint density at radius 1 is 0.390 bits per heavy atom. The first-order valence-corrected chi connectivity index (χ1v) is 9.67. The summed E-state index contributed by atoms with van der Waals surface area (Å²) in [7, 11) is 0. The van der Waals surface area contributed by atoms with Gasteiger partial charge in [-0.3, -0.25) is 0 Å². The van der Waals surface area contributed by atoms with Crippen LogP contribution in [0.15, 0.2) is 37.2 Å². The Bertz CT molecular complexity index is 1140. The first-order valence-electron chi connectivity index (χ1n) is 9.67. The Balaban J connectivity index is 2.81. The van der Waals surface area contributed by atoms with E-state index in [1.54, 1.807) is 0 Å². The summed E-state index contributed by atoms with van der Waals surface area (Å²) in [5.74, 6) is -68.6. The Morgan fingerprint density at radius 3 is 0.707 bits per heavy atom. The lowest BCUT2D eigenvalue weighted by molar-refractivity contribution is -0.628. The van der Waals surface area contributed by atoms with E-state index in [1.165, 1.54) is 0 Å². The Hall–Kier alpha value is -3.49. The standard InChI is InChI=1S/C19H6F16O6/c1-4(20)7(36)39-11-14(24,25)10(23)15(26,27)12(17(11,30)31,40-8(37)5(2)21)19(34,35)13(16(10,28)29,18(11,32)33)41-9(38)6(3)22/h1-3H2. The second-order valence-electron chi connectivity index (χ2n) is 8.53. The number of hydrogen-bond acceptors (Lipinski definition) is 6. The van der Waals surface area contributed by atoms with Gasteiger partial charge in [-0.1, -0.05) is 19.7 Å². The van der Waals surface area contributed by atoms with Crippen LogP contribution in [0, 0.1) is 0 Å². The van der Waals surface area contributed by atoms with Crippen LogP contribution in [0.2, 0.25) is 0 Å². The van der Waals surface area contributed by atoms with Crippen LogP contribution in [0.1, 0.15) is 0 Å². The quantitative estimate of drug-likeness (QED) is 0.180. The highest BCUT2D eigenvalue weighted by Gasteiger charge is 3.25. The molecule has 230 valence electrons. The number of carbonyl (C=O) groups excluding carboxylic acids is 3. The molecule has 4 aliphatic carbocycles. The summed E-state index contributed by atoms with van der Waals surface area (Å²) >= 11 is 0. The van der Waals surface area contributed by atoms with Gasteiger partial charge >= 0.3 is 75.9 Å². The molecule has 22 heteroatoms. The zero-order valence-electron chi connectivity index (χ0n) is 18.6. The summed E-state index contributed by atoms with van der Waals surface area (Å²) in [5, 5.41) is 0. The van der Waals surface area contributed by atoms with Crippen molar-refractivity contribution < 1.29 is 98.8 Å². The van der Waals surface area contributed by atoms with Gasteiger partial charge in [-0.2, -0.15) is 65.9 Å². The number of carbonyl (C=O) groups is 3. The van der Waals surface area contributed by atoms with Crippen LogP contribution in [0.5, 0.6) is 0 Å². The lowest BCUT2D eigenvalue weighted by Crippen LogP contribution is -3.12. The third-order valence-corrected chi connectivity index (χ3v) is 6.68. The fourth-order valence-electron chi connectivity index (χ4n) is 5.00. The molecule has 0 heterocycles. The Kier molecular flexibility index (Phi) is 5.99. The van der Waals surface area contributed by atoms with Crippen LogP contribution in [-0.2, 0) is 28.6 Å². The molecule has 6 nitrogen and oxygen atoms in total. The topological polar surface area (TPSA) is 78.9 Å². The number of halogens is 16. The predicted molar refractivity (Wildman–Crippen MR) is 90.7 cm³/mol. The van der Waals surface area contributed by atoms with Crippen LogP contribution in [0.4, 0.5) is 70.2 Å². The molecule has 0 saturated heterocycles. The zero-order chi connectivity index (χ0) is 32.6. The molecule has 4 fully saturated rings. The predicted octanol–water partition coefficient (Wildman–Crippen LogP) is 4.84. The number of alkyl halides is 13. The van der Waals surface area contributed by atoms with Crippen molar-refractivity contribution in [3.8, 4) is 0 Å². The van der Waals surface area contributed by atoms with Crippen molar-refractivity contribution in [3.63, 3.8) is 0 Å². The molecule has 0 aromatic carbocycles. The molecular weight excluding hydrogens is 628 g/mol. The average molecular weight is 634 g/mol. The third-order valence-electron chi connectivity index (χ3n) is 6.68. The highest BCUT2D eigenvalue weighted by molar-refractivity contribution is 5.88. The molecule has 0 spiro atoms. The lowest BCUT2D eigenvalue weighted by atomic mass is 9.38. The minimum absolute atomic E-state index is 1.87. The van der Waals surface area contributed by atoms with Gasteiger partial charge in [-0.25, -0.2) is 18.8 Å². The van der Waals surface area contributed by atoms with Crippen LogP contribution in [0.25, 0.3) is 0 Å². The van der Waals surface area contributed by atoms with E-state index < -0.39 is 93.4 Å². The normalized spacial score (nSPS) is 37.5. The maximum absolute atomic E-state index is 15.8. The van der Waals surface area contributed by atoms with Gasteiger partial charge in [0.2, 0.25) is 17.5 Å². The molecule has 0 amide bonds. The monoisotopic (exact) mass is 634 g/mol. The van der Waals surface area contributed by atoms with Gasteiger partial charge in [-0.15, -0.1) is 0 Å². The van der Waals surface area contributed by atoms with E-state index in [9.17, 15) is 27.6 Å². The Morgan fingerprint density at radius 2 is 0.561 bits per heavy atom. The molecule has 0 aliphatic heterocycles. The van der Waals surface area contributed by atoms with E-state index >= 15 is 57.1 Å². The average Bonchev–Trinajstić information content (AvgIpc) is 2.78. The summed E-state index contributed by atoms with van der Waals surface area (Å²) in [6.07, 6.45) is 0. The van der Waals surface area contributed by atoms with E-state index in [2.05, 4.69) is 14.2 Å². The van der Waals surface area contributed by atoms with Crippen molar-refractivity contribution in [1.82, 2.24) is 0 Å². The molecule has 41 heavy (non-hydrogen) atoms. The van der Waals surface area contributed by atoms with Gasteiger partial charge in [-0.05, 0) is 0 Å². The Labute approximate surface area is 213 Å². The minimum atomic E-state index is -8.10. The molecular formula is C19H6F16O6. The number of rotatable bonds is 6. The minimum Gasteiger partial charge on any atom is -0.434 e. The van der Waals surface area contributed by atoms with Crippen molar-refractivity contribution in [1.29, 1.82) is 0 Å². The SMILES string of the molecule is C=C(F)C(=O)OC12C(F)(F)C3(F)C(F)(F)C(OC(=O)C(=C)F)(C1(F)F)C(F)(F)C(OC(=O)C(=C)F)(C3(F)F)C2(F)F. The van der Waals surface area contributed by atoms with Gasteiger partial charge in [0.1, 0.15) is 0 Å². The zero-order valence-corrected chi connectivity index (χ0v) is 18.6. The molecule has 4 bridgehead atoms. The molecule has 0 atom stereocenters. The molecule has 0 radical (unpaired) electrons. The lowest BCUT2D eigenvalue weighted by Gasteiger charge is -2.76. The van der Waals surface area contributed by atoms with Gasteiger partial charge in [0.15, 0.2) is 0 Å². The van der Waals surface area contributed by atoms with Crippen LogP contribution in [0.3, 0.4) is 0 Å². The number of ether oxygens (including phenoxy) is 3. The largest absolute Gasteiger partial charge is 0.434 e. The summed E-state index contributed by atoms with van der Waals surface area (Å²) in [6.45, 7) is 5.61. The molecule has 0 unspecified atom stereocenters. The van der Waals surface area contributed by atoms with Gasteiger partial charge in [0, 0.05) is 0 Å². The summed E-state index contributed by atoms with van der Waals surface area (Å²) < 4.78 is 250. The molecule has 4 saturated carbocycles. The number of esters is 3. The first kappa shape index (κ1) is 32.0. The summed E-state index contributed by atoms with van der Waals surface area (Å²) in [4.78, 5) is 34.8. The van der Waals surface area contributed by atoms with Crippen LogP contribution < -0.4 is 0 Å². The second kappa shape index (κ2) is 7.66. The summed E-state index contributed by atoms with van der Waals surface area (Å²) in [5.41, 5.74) is -31.0. The molecule has 0 N–H and O–H groups in total. The maximum atomic E-state index is 15.8. The fraction of sp³-hybridized carbons (Fsp3) is 0.526. The fourth-order valence-corrected chi connectivity index (χ4v) is 5.00. The second-order valence-corrected chi connectivity index (χ2v) is 8.53. The molecule has 0 aromatic heterocycles. The first-order chi connectivity index (χ1) is 18.0. The van der Waals surface area contributed by atoms with E-state index in [0.29, 0.717) is 0 Å². The highest BCUT2D eigenvalue weighted by atomic mass is 19.3. The number of hydrogen-bond donors (Lipinski definition) is 0. The van der Waals surface area contributed by atoms with E-state index in [0.717, 1.165) is 0 Å². The van der Waals surface area contributed by atoms with Gasteiger partial charge in [0.25, 0.3) is 0 Å². The highest BCUT2D eigenvalue weighted by Crippen LogP contribution is 2.88. The van der Waals surface area contributed by atoms with Crippen LogP contribution >= 0.6 is 0 Å². The van der Waals surface area contributed by atoms with Gasteiger partial charge < -0.3 is 14.2 Å². The van der Waals surface area contributed by atoms with Gasteiger partial charge in [0.05, 0.1) is 0 Å². The molecule has 4 aliphatic rings. The molecule has 0 aromatic rings. The van der Waals surface area contributed by atoms with Crippen molar-refractivity contribution in [3.05, 3.63) is 37.2 Å². The van der Waals surface area contributed by atoms with E-state index in [1.807, 2.05) is 19.7 Å². The van der Waals surface area contributed by atoms with Crippen molar-refractivity contribution in [2.24, 2.45) is 0 Å². The third kappa shape index (κ3) is 2.51. The van der Waals surface area contributed by atoms with Crippen LogP contribution in [-0.4, -0.2) is 75.9 Å². The van der Waals surface area contributed by atoms with E-state index in [-0.39, 0.29) is 0 Å². The van der Waals surface area contributed by atoms with Crippen molar-refractivity contribution in [2.75, 3.05) is 0 Å². The molecule has 4 rings (SSSR count). The maximum Gasteiger partial charge on any atom is 0.367 e. The van der Waals surface area contributed by atoms with Crippen molar-refractivity contribution >= 4 is 17.9 Å². The van der Waals surface area contributed by atoms with E-state index in [4.69, 9.17) is 0 Å². The van der Waals surface area contributed by atoms with Crippen molar-refractivity contribution in [2.45, 2.75) is 58.0 Å². The summed E-state index contributed by atoms with van der Waals surface area (Å²) in [6, 6.07) is 0.